The zero-order valence-electron chi connectivity index (χ0n) is 14.0. The second-order valence-electron chi connectivity index (χ2n) is 6.13. The summed E-state index contributed by atoms with van der Waals surface area (Å²) < 4.78 is 32.7. The molecule has 0 radical (unpaired) electrons. The minimum atomic E-state index is -3.53. The van der Waals surface area contributed by atoms with Crippen LogP contribution in [0.1, 0.15) is 24.5 Å². The standard InChI is InChI=1S/C18H21ClN2O3S/c1-24-18(14-5-3-2-4-6-14)15-9-11-21(12-10-15)25(22,23)16-7-8-17(19)20-13-16/h2-8,13,15,18H,9-12H2,1H3. The van der Waals surface area contributed by atoms with Crippen molar-refractivity contribution in [2.24, 2.45) is 5.92 Å². The van der Waals surface area contributed by atoms with Crippen LogP contribution in [-0.4, -0.2) is 37.9 Å². The number of pyridine rings is 1. The number of hydrogen-bond donors (Lipinski definition) is 0. The first-order valence-corrected chi connectivity index (χ1v) is 10.0. The zero-order valence-corrected chi connectivity index (χ0v) is 15.6. The molecule has 1 saturated heterocycles. The molecule has 5 nitrogen and oxygen atoms in total. The predicted molar refractivity (Wildman–Crippen MR) is 96.9 cm³/mol. The Bertz CT molecular complexity index is 789. The van der Waals surface area contributed by atoms with E-state index in [1.807, 2.05) is 18.2 Å². The quantitative estimate of drug-likeness (QED) is 0.744. The molecule has 2 heterocycles. The van der Waals surface area contributed by atoms with E-state index in [4.69, 9.17) is 16.3 Å². The number of ether oxygens (including phenoxy) is 1. The van der Waals surface area contributed by atoms with Crippen molar-refractivity contribution in [1.82, 2.24) is 9.29 Å². The molecule has 1 unspecified atom stereocenters. The van der Waals surface area contributed by atoms with Gasteiger partial charge in [-0.3, -0.25) is 0 Å². The predicted octanol–water partition coefficient (Wildman–Crippen LogP) is 3.52. The number of halogens is 1. The summed E-state index contributed by atoms with van der Waals surface area (Å²) in [6, 6.07) is 13.1. The first-order chi connectivity index (χ1) is 12.0. The van der Waals surface area contributed by atoms with Crippen LogP contribution in [0.5, 0.6) is 0 Å². The van der Waals surface area contributed by atoms with Crippen molar-refractivity contribution in [3.63, 3.8) is 0 Å². The molecule has 134 valence electrons. The van der Waals surface area contributed by atoms with Crippen molar-refractivity contribution in [3.8, 4) is 0 Å². The summed E-state index contributed by atoms with van der Waals surface area (Å²) >= 11 is 5.74. The Balaban J connectivity index is 1.70. The van der Waals surface area contributed by atoms with Gasteiger partial charge in [-0.05, 0) is 36.5 Å². The lowest BCUT2D eigenvalue weighted by molar-refractivity contribution is 0.0303. The highest BCUT2D eigenvalue weighted by Crippen LogP contribution is 2.34. The highest BCUT2D eigenvalue weighted by molar-refractivity contribution is 7.89. The molecule has 3 rings (SSSR count). The average Bonchev–Trinajstić information content (AvgIpc) is 2.64. The molecule has 0 saturated carbocycles. The van der Waals surface area contributed by atoms with Gasteiger partial charge in [0.1, 0.15) is 10.0 Å². The summed E-state index contributed by atoms with van der Waals surface area (Å²) in [6.07, 6.45) is 2.82. The molecule has 25 heavy (non-hydrogen) atoms. The highest BCUT2D eigenvalue weighted by Gasteiger charge is 2.33. The van der Waals surface area contributed by atoms with Crippen LogP contribution in [0, 0.1) is 5.92 Å². The normalized spacial score (nSPS) is 18.2. The van der Waals surface area contributed by atoms with Gasteiger partial charge < -0.3 is 4.74 Å². The van der Waals surface area contributed by atoms with Crippen molar-refractivity contribution >= 4 is 21.6 Å². The summed E-state index contributed by atoms with van der Waals surface area (Å²) in [6.45, 7) is 0.949. The van der Waals surface area contributed by atoms with Gasteiger partial charge in [-0.1, -0.05) is 41.9 Å². The minimum Gasteiger partial charge on any atom is -0.376 e. The van der Waals surface area contributed by atoms with Gasteiger partial charge in [0.05, 0.1) is 6.10 Å². The molecule has 1 fully saturated rings. The largest absolute Gasteiger partial charge is 0.376 e. The van der Waals surface area contributed by atoms with Crippen molar-refractivity contribution in [3.05, 3.63) is 59.4 Å². The van der Waals surface area contributed by atoms with E-state index in [0.29, 0.717) is 19.0 Å². The lowest BCUT2D eigenvalue weighted by Crippen LogP contribution is -2.40. The van der Waals surface area contributed by atoms with Gasteiger partial charge in [0.25, 0.3) is 0 Å². The summed E-state index contributed by atoms with van der Waals surface area (Å²) in [5.74, 6) is 0.294. The maximum Gasteiger partial charge on any atom is 0.244 e. The summed E-state index contributed by atoms with van der Waals surface area (Å²) in [5.41, 5.74) is 1.13. The molecule has 1 aliphatic heterocycles. The molecule has 2 aromatic rings. The molecule has 1 atom stereocenters. The van der Waals surface area contributed by atoms with Crippen LogP contribution in [0.25, 0.3) is 0 Å². The number of piperidine rings is 1. The molecule has 0 spiro atoms. The van der Waals surface area contributed by atoms with E-state index in [2.05, 4.69) is 17.1 Å². The number of hydrogen-bond acceptors (Lipinski definition) is 4. The van der Waals surface area contributed by atoms with Crippen LogP contribution in [-0.2, 0) is 14.8 Å². The number of methoxy groups -OCH3 is 1. The van der Waals surface area contributed by atoms with E-state index < -0.39 is 10.0 Å². The lowest BCUT2D eigenvalue weighted by Gasteiger charge is -2.35. The van der Waals surface area contributed by atoms with Crippen LogP contribution in [0.3, 0.4) is 0 Å². The van der Waals surface area contributed by atoms with Gasteiger partial charge in [0, 0.05) is 26.4 Å². The number of sulfonamides is 1. The van der Waals surface area contributed by atoms with E-state index in [1.165, 1.54) is 22.6 Å². The average molecular weight is 381 g/mol. The Labute approximate surface area is 153 Å². The minimum absolute atomic E-state index is 0.0109. The molecule has 1 aromatic carbocycles. The number of benzene rings is 1. The van der Waals surface area contributed by atoms with Crippen LogP contribution in [0.2, 0.25) is 5.15 Å². The monoisotopic (exact) mass is 380 g/mol. The Hall–Kier alpha value is -1.47. The van der Waals surface area contributed by atoms with Gasteiger partial charge >= 0.3 is 0 Å². The Morgan fingerprint density at radius 2 is 1.84 bits per heavy atom. The second-order valence-corrected chi connectivity index (χ2v) is 8.45. The van der Waals surface area contributed by atoms with E-state index in [1.54, 1.807) is 7.11 Å². The third kappa shape index (κ3) is 4.03. The lowest BCUT2D eigenvalue weighted by atomic mass is 9.88. The molecule has 0 bridgehead atoms. The van der Waals surface area contributed by atoms with Crippen molar-refractivity contribution in [2.75, 3.05) is 20.2 Å². The Kier molecular flexibility index (Phi) is 5.74. The van der Waals surface area contributed by atoms with E-state index >= 15 is 0 Å². The molecular weight excluding hydrogens is 360 g/mol. The smallest absolute Gasteiger partial charge is 0.244 e. The van der Waals surface area contributed by atoms with Gasteiger partial charge in [0.2, 0.25) is 10.0 Å². The van der Waals surface area contributed by atoms with Gasteiger partial charge in [-0.15, -0.1) is 0 Å². The number of aromatic nitrogens is 1. The highest BCUT2D eigenvalue weighted by atomic mass is 35.5. The SMILES string of the molecule is COC(c1ccccc1)C1CCN(S(=O)(=O)c2ccc(Cl)nc2)CC1. The summed E-state index contributed by atoms with van der Waals surface area (Å²) in [7, 11) is -1.82. The van der Waals surface area contributed by atoms with Gasteiger partial charge in [-0.2, -0.15) is 4.31 Å². The first kappa shape index (κ1) is 18.3. The maximum atomic E-state index is 12.7. The second kappa shape index (κ2) is 7.83. The zero-order chi connectivity index (χ0) is 17.9. The fourth-order valence-corrected chi connectivity index (χ4v) is 4.85. The van der Waals surface area contributed by atoms with E-state index in [0.717, 1.165) is 18.4 Å². The van der Waals surface area contributed by atoms with E-state index in [9.17, 15) is 8.42 Å². The first-order valence-electron chi connectivity index (χ1n) is 8.22. The number of nitrogens with zero attached hydrogens (tertiary/aromatic N) is 2. The van der Waals surface area contributed by atoms with Crippen LogP contribution >= 0.6 is 11.6 Å². The summed E-state index contributed by atoms with van der Waals surface area (Å²) in [5, 5.41) is 0.281. The Morgan fingerprint density at radius 1 is 1.16 bits per heavy atom. The fraction of sp³-hybridized carbons (Fsp3) is 0.389. The molecule has 7 heteroatoms. The molecule has 1 aromatic heterocycles. The van der Waals surface area contributed by atoms with Gasteiger partial charge in [-0.25, -0.2) is 13.4 Å². The topological polar surface area (TPSA) is 59.5 Å². The van der Waals surface area contributed by atoms with Crippen LogP contribution in [0.15, 0.2) is 53.6 Å². The van der Waals surface area contributed by atoms with Crippen molar-refractivity contribution in [1.29, 1.82) is 0 Å². The Morgan fingerprint density at radius 3 is 2.40 bits per heavy atom. The van der Waals surface area contributed by atoms with Crippen molar-refractivity contribution < 1.29 is 13.2 Å². The molecule has 0 N–H and O–H groups in total. The van der Waals surface area contributed by atoms with Crippen LogP contribution < -0.4 is 0 Å². The molecule has 0 amide bonds. The maximum absolute atomic E-state index is 12.7. The van der Waals surface area contributed by atoms with E-state index in [-0.39, 0.29) is 16.2 Å². The third-order valence-corrected chi connectivity index (χ3v) is 6.75. The molecule has 0 aliphatic carbocycles. The number of rotatable bonds is 5. The van der Waals surface area contributed by atoms with Crippen molar-refractivity contribution in [2.45, 2.75) is 23.8 Å². The van der Waals surface area contributed by atoms with Gasteiger partial charge in [0.15, 0.2) is 0 Å². The summed E-state index contributed by atoms with van der Waals surface area (Å²) in [4.78, 5) is 4.06. The fourth-order valence-electron chi connectivity index (χ4n) is 3.33. The molecular formula is C18H21ClN2O3S. The third-order valence-electron chi connectivity index (χ3n) is 4.65. The molecule has 1 aliphatic rings. The van der Waals surface area contributed by atoms with Crippen LogP contribution in [0.4, 0.5) is 0 Å².